The molecule has 0 saturated carbocycles. The van der Waals surface area contributed by atoms with Crippen molar-refractivity contribution < 1.29 is 18.9 Å². The van der Waals surface area contributed by atoms with E-state index in [1.807, 2.05) is 37.4 Å². The number of rotatable bonds is 7. The highest BCUT2D eigenvalue weighted by Crippen LogP contribution is 2.32. The maximum absolute atomic E-state index is 5.49. The standard InChI is InChI=1S/C21H27N3O4/c1-22-21(23-10-9-15-5-8-18-20(11-15)28-14-27-18)24(2)13-16-6-7-17(25-3)12-19(16)26-4/h5-8,11-12H,9-10,13-14H2,1-4H3,(H,22,23). The summed E-state index contributed by atoms with van der Waals surface area (Å²) < 4.78 is 21.5. The monoisotopic (exact) mass is 385 g/mol. The van der Waals surface area contributed by atoms with E-state index < -0.39 is 0 Å². The largest absolute Gasteiger partial charge is 0.497 e. The lowest BCUT2D eigenvalue weighted by molar-refractivity contribution is 0.174. The Morgan fingerprint density at radius 2 is 1.93 bits per heavy atom. The molecule has 1 heterocycles. The first kappa shape index (κ1) is 19.7. The average Bonchev–Trinajstić information content (AvgIpc) is 3.19. The van der Waals surface area contributed by atoms with Crippen molar-refractivity contribution in [3.05, 3.63) is 47.5 Å². The van der Waals surface area contributed by atoms with Gasteiger partial charge in [0.1, 0.15) is 11.5 Å². The number of nitrogens with one attached hydrogen (secondary N) is 1. The molecule has 0 bridgehead atoms. The fourth-order valence-electron chi connectivity index (χ4n) is 3.11. The van der Waals surface area contributed by atoms with Gasteiger partial charge >= 0.3 is 0 Å². The summed E-state index contributed by atoms with van der Waals surface area (Å²) in [5.41, 5.74) is 2.25. The van der Waals surface area contributed by atoms with E-state index in [9.17, 15) is 0 Å². The van der Waals surface area contributed by atoms with Crippen LogP contribution in [0, 0.1) is 0 Å². The first-order chi connectivity index (χ1) is 13.6. The van der Waals surface area contributed by atoms with E-state index in [1.54, 1.807) is 21.3 Å². The topological polar surface area (TPSA) is 64.6 Å². The molecular formula is C21H27N3O4. The van der Waals surface area contributed by atoms with E-state index in [0.717, 1.165) is 47.5 Å². The Balaban J connectivity index is 1.56. The van der Waals surface area contributed by atoms with Crippen LogP contribution in [-0.2, 0) is 13.0 Å². The lowest BCUT2D eigenvalue weighted by atomic mass is 10.1. The van der Waals surface area contributed by atoms with Crippen molar-refractivity contribution in [3.8, 4) is 23.0 Å². The molecule has 150 valence electrons. The molecule has 0 spiro atoms. The molecule has 0 aliphatic carbocycles. The van der Waals surface area contributed by atoms with E-state index in [4.69, 9.17) is 18.9 Å². The molecule has 2 aromatic carbocycles. The lowest BCUT2D eigenvalue weighted by Gasteiger charge is -2.23. The van der Waals surface area contributed by atoms with Crippen LogP contribution in [-0.4, -0.2) is 52.5 Å². The van der Waals surface area contributed by atoms with Crippen LogP contribution in [0.15, 0.2) is 41.4 Å². The minimum atomic E-state index is 0.295. The minimum absolute atomic E-state index is 0.295. The fraction of sp³-hybridized carbons (Fsp3) is 0.381. The van der Waals surface area contributed by atoms with Gasteiger partial charge < -0.3 is 29.2 Å². The lowest BCUT2D eigenvalue weighted by Crippen LogP contribution is -2.39. The van der Waals surface area contributed by atoms with Gasteiger partial charge in [0, 0.05) is 38.8 Å². The predicted molar refractivity (Wildman–Crippen MR) is 109 cm³/mol. The second-order valence-electron chi connectivity index (χ2n) is 6.45. The highest BCUT2D eigenvalue weighted by atomic mass is 16.7. The number of fused-ring (bicyclic) bond motifs is 1. The molecule has 1 aliphatic rings. The van der Waals surface area contributed by atoms with E-state index >= 15 is 0 Å². The Hall–Kier alpha value is -3.09. The molecule has 0 unspecified atom stereocenters. The van der Waals surface area contributed by atoms with Crippen LogP contribution in [0.2, 0.25) is 0 Å². The van der Waals surface area contributed by atoms with Gasteiger partial charge in [-0.15, -0.1) is 0 Å². The summed E-state index contributed by atoms with van der Waals surface area (Å²) in [5, 5.41) is 3.40. The summed E-state index contributed by atoms with van der Waals surface area (Å²) in [7, 11) is 7.09. The maximum Gasteiger partial charge on any atom is 0.231 e. The molecule has 1 N–H and O–H groups in total. The van der Waals surface area contributed by atoms with Crippen molar-refractivity contribution in [1.82, 2.24) is 10.2 Å². The summed E-state index contributed by atoms with van der Waals surface area (Å²) in [4.78, 5) is 6.44. The number of aliphatic imine (C=N–C) groups is 1. The second kappa shape index (κ2) is 9.21. The zero-order valence-electron chi connectivity index (χ0n) is 16.8. The predicted octanol–water partition coefficient (Wildman–Crippen LogP) is 2.68. The number of hydrogen-bond acceptors (Lipinski definition) is 5. The zero-order valence-corrected chi connectivity index (χ0v) is 16.8. The van der Waals surface area contributed by atoms with Crippen molar-refractivity contribution in [1.29, 1.82) is 0 Å². The Morgan fingerprint density at radius 1 is 1.11 bits per heavy atom. The highest BCUT2D eigenvalue weighted by Gasteiger charge is 2.14. The summed E-state index contributed by atoms with van der Waals surface area (Å²) in [6.07, 6.45) is 0.857. The summed E-state index contributed by atoms with van der Waals surface area (Å²) in [6.45, 7) is 1.72. The van der Waals surface area contributed by atoms with Gasteiger partial charge in [0.05, 0.1) is 14.2 Å². The first-order valence-electron chi connectivity index (χ1n) is 9.15. The van der Waals surface area contributed by atoms with Gasteiger partial charge in [-0.1, -0.05) is 6.07 Å². The van der Waals surface area contributed by atoms with Crippen LogP contribution in [0.4, 0.5) is 0 Å². The number of guanidine groups is 1. The number of hydrogen-bond donors (Lipinski definition) is 1. The number of nitrogens with zero attached hydrogens (tertiary/aromatic N) is 2. The van der Waals surface area contributed by atoms with Crippen molar-refractivity contribution in [3.63, 3.8) is 0 Å². The summed E-state index contributed by atoms with van der Waals surface area (Å²) in [6, 6.07) is 11.9. The van der Waals surface area contributed by atoms with E-state index in [0.29, 0.717) is 13.3 Å². The van der Waals surface area contributed by atoms with Gasteiger partial charge in [0.2, 0.25) is 6.79 Å². The average molecular weight is 385 g/mol. The number of methoxy groups -OCH3 is 2. The Kier molecular flexibility index (Phi) is 6.47. The molecule has 0 radical (unpaired) electrons. The normalized spacial score (nSPS) is 12.6. The molecule has 0 amide bonds. The van der Waals surface area contributed by atoms with Gasteiger partial charge in [-0.05, 0) is 36.2 Å². The minimum Gasteiger partial charge on any atom is -0.497 e. The van der Waals surface area contributed by atoms with Gasteiger partial charge in [-0.3, -0.25) is 4.99 Å². The molecule has 0 aromatic heterocycles. The third kappa shape index (κ3) is 4.60. The Labute approximate surface area is 165 Å². The molecule has 0 atom stereocenters. The van der Waals surface area contributed by atoms with Gasteiger partial charge in [-0.25, -0.2) is 0 Å². The first-order valence-corrected chi connectivity index (χ1v) is 9.15. The summed E-state index contributed by atoms with van der Waals surface area (Å²) >= 11 is 0. The van der Waals surface area contributed by atoms with E-state index in [-0.39, 0.29) is 0 Å². The van der Waals surface area contributed by atoms with Crippen LogP contribution in [0.25, 0.3) is 0 Å². The third-order valence-corrected chi connectivity index (χ3v) is 4.61. The third-order valence-electron chi connectivity index (χ3n) is 4.61. The molecule has 0 fully saturated rings. The Morgan fingerprint density at radius 3 is 2.68 bits per heavy atom. The fourth-order valence-corrected chi connectivity index (χ4v) is 3.11. The van der Waals surface area contributed by atoms with Crippen LogP contribution in [0.3, 0.4) is 0 Å². The van der Waals surface area contributed by atoms with E-state index in [2.05, 4.69) is 21.3 Å². The molecule has 3 rings (SSSR count). The van der Waals surface area contributed by atoms with Crippen LogP contribution >= 0.6 is 0 Å². The van der Waals surface area contributed by atoms with Crippen LogP contribution in [0.1, 0.15) is 11.1 Å². The molecule has 0 saturated heterocycles. The summed E-state index contributed by atoms with van der Waals surface area (Å²) in [5.74, 6) is 4.00. The molecule has 2 aromatic rings. The molecule has 7 nitrogen and oxygen atoms in total. The van der Waals surface area contributed by atoms with Crippen molar-refractivity contribution >= 4 is 5.96 Å². The Bertz CT molecular complexity index is 838. The van der Waals surface area contributed by atoms with Gasteiger partial charge in [-0.2, -0.15) is 0 Å². The smallest absolute Gasteiger partial charge is 0.231 e. The van der Waals surface area contributed by atoms with Crippen molar-refractivity contribution in [2.45, 2.75) is 13.0 Å². The van der Waals surface area contributed by atoms with Gasteiger partial charge in [0.15, 0.2) is 17.5 Å². The number of benzene rings is 2. The quantitative estimate of drug-likeness (QED) is 0.584. The maximum atomic E-state index is 5.49. The molecule has 28 heavy (non-hydrogen) atoms. The van der Waals surface area contributed by atoms with E-state index in [1.165, 1.54) is 5.56 Å². The second-order valence-corrected chi connectivity index (χ2v) is 6.45. The molecule has 7 heteroatoms. The van der Waals surface area contributed by atoms with Gasteiger partial charge in [0.25, 0.3) is 0 Å². The molecule has 1 aliphatic heterocycles. The van der Waals surface area contributed by atoms with Crippen LogP contribution in [0.5, 0.6) is 23.0 Å². The zero-order chi connectivity index (χ0) is 19.9. The SMILES string of the molecule is CN=C(NCCc1ccc2c(c1)OCO2)N(C)Cc1ccc(OC)cc1OC. The van der Waals surface area contributed by atoms with Crippen LogP contribution < -0.4 is 24.3 Å². The van der Waals surface area contributed by atoms with Crippen molar-refractivity contribution in [2.75, 3.05) is 41.7 Å². The van der Waals surface area contributed by atoms with Crippen molar-refractivity contribution in [2.24, 2.45) is 4.99 Å². The molecular weight excluding hydrogens is 358 g/mol. The number of ether oxygens (including phenoxy) is 4. The highest BCUT2D eigenvalue weighted by molar-refractivity contribution is 5.79.